The molecule has 0 aliphatic rings. The monoisotopic (exact) mass is 332 g/mol. The lowest BCUT2D eigenvalue weighted by molar-refractivity contribution is -0.120. The molecule has 0 aliphatic carbocycles. The van der Waals surface area contributed by atoms with Crippen molar-refractivity contribution < 1.29 is 14.3 Å². The quantitative estimate of drug-likeness (QED) is 0.854. The predicted octanol–water partition coefficient (Wildman–Crippen LogP) is 2.65. The summed E-state index contributed by atoms with van der Waals surface area (Å²) in [5, 5.41) is 5.90. The minimum atomic E-state index is -0.265. The van der Waals surface area contributed by atoms with Gasteiger partial charge in [0, 0.05) is 17.8 Å². The molecule has 2 amide bonds. The normalized spacial score (nSPS) is 10.0. The Morgan fingerprint density at radius 1 is 1.00 bits per heavy atom. The van der Waals surface area contributed by atoms with Gasteiger partial charge >= 0.3 is 0 Å². The highest BCUT2D eigenvalue weighted by Gasteiger charge is 2.05. The van der Waals surface area contributed by atoms with Crippen LogP contribution in [0.25, 0.3) is 0 Å². The van der Waals surface area contributed by atoms with Gasteiger partial charge in [-0.05, 0) is 42.0 Å². The van der Waals surface area contributed by atoms with Crippen molar-refractivity contribution in [2.75, 3.05) is 19.0 Å². The topological polar surface area (TPSA) is 67.4 Å². The number of ether oxygens (including phenoxy) is 1. The van der Waals surface area contributed by atoms with E-state index in [0.29, 0.717) is 22.9 Å². The molecule has 23 heavy (non-hydrogen) atoms. The minimum Gasteiger partial charge on any atom is -0.484 e. The molecule has 0 radical (unpaired) electrons. The SMILES string of the molecule is CNC(=O)Cc1ccc(NC(=O)COc2ccc(Cl)cc2)cc1. The van der Waals surface area contributed by atoms with Crippen molar-refractivity contribution in [3.05, 3.63) is 59.1 Å². The molecule has 2 rings (SSSR count). The van der Waals surface area contributed by atoms with Gasteiger partial charge in [0.2, 0.25) is 5.91 Å². The Morgan fingerprint density at radius 2 is 1.65 bits per heavy atom. The van der Waals surface area contributed by atoms with Gasteiger partial charge in [-0.2, -0.15) is 0 Å². The van der Waals surface area contributed by atoms with Gasteiger partial charge in [0.25, 0.3) is 5.91 Å². The predicted molar refractivity (Wildman–Crippen MR) is 89.8 cm³/mol. The standard InChI is InChI=1S/C17H17ClN2O3/c1-19-16(21)10-12-2-6-14(7-3-12)20-17(22)11-23-15-8-4-13(18)5-9-15/h2-9H,10-11H2,1H3,(H,19,21)(H,20,22). The van der Waals surface area contributed by atoms with Crippen LogP contribution < -0.4 is 15.4 Å². The Morgan fingerprint density at radius 3 is 2.26 bits per heavy atom. The smallest absolute Gasteiger partial charge is 0.262 e. The molecule has 0 atom stereocenters. The van der Waals surface area contributed by atoms with Crippen molar-refractivity contribution in [1.29, 1.82) is 0 Å². The van der Waals surface area contributed by atoms with Crippen molar-refractivity contribution >= 4 is 29.1 Å². The van der Waals surface area contributed by atoms with E-state index in [1.807, 2.05) is 0 Å². The van der Waals surface area contributed by atoms with E-state index in [2.05, 4.69) is 10.6 Å². The lowest BCUT2D eigenvalue weighted by Crippen LogP contribution is -2.21. The summed E-state index contributed by atoms with van der Waals surface area (Å²) < 4.78 is 5.36. The van der Waals surface area contributed by atoms with Gasteiger partial charge in [-0.25, -0.2) is 0 Å². The first-order valence-electron chi connectivity index (χ1n) is 7.04. The lowest BCUT2D eigenvalue weighted by Gasteiger charge is -2.08. The first-order chi connectivity index (χ1) is 11.1. The van der Waals surface area contributed by atoms with Gasteiger partial charge in [0.1, 0.15) is 5.75 Å². The second kappa shape index (κ2) is 8.19. The average molecular weight is 333 g/mol. The first kappa shape index (κ1) is 16.8. The number of hydrogen-bond donors (Lipinski definition) is 2. The average Bonchev–Trinajstić information content (AvgIpc) is 2.56. The Labute approximate surface area is 139 Å². The van der Waals surface area contributed by atoms with Crippen LogP contribution in [0.1, 0.15) is 5.56 Å². The number of anilines is 1. The Kier molecular flexibility index (Phi) is 6.00. The summed E-state index contributed by atoms with van der Waals surface area (Å²) in [5.74, 6) is 0.252. The summed E-state index contributed by atoms with van der Waals surface area (Å²) in [6.07, 6.45) is 0.310. The molecule has 2 N–H and O–H groups in total. The zero-order chi connectivity index (χ0) is 16.7. The van der Waals surface area contributed by atoms with E-state index in [0.717, 1.165) is 5.56 Å². The molecule has 0 heterocycles. The molecule has 0 fully saturated rings. The van der Waals surface area contributed by atoms with Crippen LogP contribution >= 0.6 is 11.6 Å². The van der Waals surface area contributed by atoms with Crippen LogP contribution in [0.2, 0.25) is 5.02 Å². The van der Waals surface area contributed by atoms with E-state index in [1.54, 1.807) is 55.6 Å². The van der Waals surface area contributed by atoms with Gasteiger partial charge in [-0.15, -0.1) is 0 Å². The molecule has 0 aliphatic heterocycles. The molecule has 0 saturated heterocycles. The zero-order valence-electron chi connectivity index (χ0n) is 12.6. The summed E-state index contributed by atoms with van der Waals surface area (Å²) >= 11 is 5.78. The number of amides is 2. The number of nitrogens with one attached hydrogen (secondary N) is 2. The van der Waals surface area contributed by atoms with Gasteiger partial charge in [-0.1, -0.05) is 23.7 Å². The molecule has 0 aromatic heterocycles. The van der Waals surface area contributed by atoms with Crippen LogP contribution in [0.4, 0.5) is 5.69 Å². The highest BCUT2D eigenvalue weighted by Crippen LogP contribution is 2.15. The van der Waals surface area contributed by atoms with Crippen molar-refractivity contribution in [2.45, 2.75) is 6.42 Å². The summed E-state index contributed by atoms with van der Waals surface area (Å²) in [6, 6.07) is 13.9. The third-order valence-electron chi connectivity index (χ3n) is 3.06. The Hall–Kier alpha value is -2.53. The van der Waals surface area contributed by atoms with Crippen molar-refractivity contribution in [1.82, 2.24) is 5.32 Å². The lowest BCUT2D eigenvalue weighted by atomic mass is 10.1. The Bertz CT molecular complexity index is 669. The van der Waals surface area contributed by atoms with Crippen molar-refractivity contribution in [3.8, 4) is 5.75 Å². The zero-order valence-corrected chi connectivity index (χ0v) is 13.4. The fraction of sp³-hybridized carbons (Fsp3) is 0.176. The van der Waals surface area contributed by atoms with Gasteiger partial charge in [-0.3, -0.25) is 9.59 Å². The summed E-state index contributed by atoms with van der Waals surface area (Å²) in [5.41, 5.74) is 1.52. The third kappa shape index (κ3) is 5.64. The highest BCUT2D eigenvalue weighted by atomic mass is 35.5. The van der Waals surface area contributed by atoms with Gasteiger partial charge < -0.3 is 15.4 Å². The van der Waals surface area contributed by atoms with Crippen LogP contribution in [0.3, 0.4) is 0 Å². The maximum atomic E-state index is 11.8. The second-order valence-electron chi connectivity index (χ2n) is 4.84. The largest absolute Gasteiger partial charge is 0.484 e. The number of halogens is 1. The summed E-state index contributed by atoms with van der Waals surface area (Å²) in [4.78, 5) is 23.1. The van der Waals surface area contributed by atoms with Crippen LogP contribution in [0, 0.1) is 0 Å². The third-order valence-corrected chi connectivity index (χ3v) is 3.32. The van der Waals surface area contributed by atoms with E-state index >= 15 is 0 Å². The summed E-state index contributed by atoms with van der Waals surface area (Å²) in [6.45, 7) is -0.0956. The maximum Gasteiger partial charge on any atom is 0.262 e. The maximum absolute atomic E-state index is 11.8. The molecule has 6 heteroatoms. The van der Waals surface area contributed by atoms with E-state index in [1.165, 1.54) is 0 Å². The van der Waals surface area contributed by atoms with E-state index in [4.69, 9.17) is 16.3 Å². The van der Waals surface area contributed by atoms with Crippen molar-refractivity contribution in [3.63, 3.8) is 0 Å². The highest BCUT2D eigenvalue weighted by molar-refractivity contribution is 6.30. The molecule has 5 nitrogen and oxygen atoms in total. The summed E-state index contributed by atoms with van der Waals surface area (Å²) in [7, 11) is 1.59. The molecule has 0 bridgehead atoms. The number of carbonyl (C=O) groups excluding carboxylic acids is 2. The molecule has 0 saturated carbocycles. The molecule has 0 spiro atoms. The van der Waals surface area contributed by atoms with Gasteiger partial charge in [0.05, 0.1) is 6.42 Å². The van der Waals surface area contributed by atoms with E-state index in [9.17, 15) is 9.59 Å². The van der Waals surface area contributed by atoms with Crippen molar-refractivity contribution in [2.24, 2.45) is 0 Å². The van der Waals surface area contributed by atoms with E-state index < -0.39 is 0 Å². The Balaban J connectivity index is 1.82. The minimum absolute atomic E-state index is 0.0573. The van der Waals surface area contributed by atoms with Crippen LogP contribution in [0.15, 0.2) is 48.5 Å². The number of benzene rings is 2. The molecular weight excluding hydrogens is 316 g/mol. The molecule has 120 valence electrons. The fourth-order valence-electron chi connectivity index (χ4n) is 1.86. The van der Waals surface area contributed by atoms with Crippen LogP contribution in [0.5, 0.6) is 5.75 Å². The first-order valence-corrected chi connectivity index (χ1v) is 7.42. The van der Waals surface area contributed by atoms with E-state index in [-0.39, 0.29) is 18.4 Å². The van der Waals surface area contributed by atoms with Crippen LogP contribution in [-0.4, -0.2) is 25.5 Å². The fourth-order valence-corrected chi connectivity index (χ4v) is 1.98. The number of rotatable bonds is 6. The molecule has 2 aromatic rings. The second-order valence-corrected chi connectivity index (χ2v) is 5.27. The molecule has 0 unspecified atom stereocenters. The molecule has 2 aromatic carbocycles. The molecular formula is C17H17ClN2O3. The van der Waals surface area contributed by atoms with Gasteiger partial charge in [0.15, 0.2) is 6.61 Å². The number of carbonyl (C=O) groups is 2. The number of hydrogen-bond acceptors (Lipinski definition) is 3. The number of likely N-dealkylation sites (N-methyl/N-ethyl adjacent to an activating group) is 1. The van der Waals surface area contributed by atoms with Crippen LogP contribution in [-0.2, 0) is 16.0 Å².